The Labute approximate surface area is 115 Å². The molecule has 2 nitrogen and oxygen atoms in total. The van der Waals surface area contributed by atoms with Gasteiger partial charge in [0.05, 0.1) is 5.60 Å². The Hall–Kier alpha value is -0.860. The van der Waals surface area contributed by atoms with E-state index in [1.165, 1.54) is 38.5 Å². The van der Waals surface area contributed by atoms with Gasteiger partial charge >= 0.3 is 0 Å². The molecule has 1 saturated heterocycles. The molecular weight excluding hydrogens is 234 g/mol. The number of hydrogen-bond acceptors (Lipinski definition) is 2. The van der Waals surface area contributed by atoms with Crippen LogP contribution in [0.1, 0.15) is 54.7 Å². The summed E-state index contributed by atoms with van der Waals surface area (Å²) in [6.07, 6.45) is 7.59. The molecule has 1 saturated carbocycles. The van der Waals surface area contributed by atoms with Gasteiger partial charge in [-0.05, 0) is 67.7 Å². The molecule has 2 fully saturated rings. The summed E-state index contributed by atoms with van der Waals surface area (Å²) in [5, 5.41) is 3.54. The third kappa shape index (κ3) is 2.02. The summed E-state index contributed by atoms with van der Waals surface area (Å²) in [5.74, 6) is 0.726. The fourth-order valence-corrected chi connectivity index (χ4v) is 4.14. The normalized spacial score (nSPS) is 28.7. The van der Waals surface area contributed by atoms with Crippen LogP contribution in [0.25, 0.3) is 0 Å². The molecule has 0 amide bonds. The highest BCUT2D eigenvalue weighted by molar-refractivity contribution is 5.39. The van der Waals surface area contributed by atoms with Gasteiger partial charge in [0.1, 0.15) is 0 Å². The standard InChI is InChI=1S/C17H23NO/c1-3-13-5-9-18-12-16(13)15(4-1)14-6-10-19-17(11-14)7-2-8-17/h1,3-4,14,18H,2,5-12H2. The highest BCUT2D eigenvalue weighted by Gasteiger charge is 2.43. The van der Waals surface area contributed by atoms with Gasteiger partial charge in [0.15, 0.2) is 0 Å². The minimum absolute atomic E-state index is 0.258. The summed E-state index contributed by atoms with van der Waals surface area (Å²) in [4.78, 5) is 0. The lowest BCUT2D eigenvalue weighted by atomic mass is 9.69. The zero-order chi connectivity index (χ0) is 12.7. The van der Waals surface area contributed by atoms with Crippen molar-refractivity contribution in [2.24, 2.45) is 0 Å². The lowest BCUT2D eigenvalue weighted by molar-refractivity contribution is -0.133. The minimum Gasteiger partial charge on any atom is -0.375 e. The van der Waals surface area contributed by atoms with E-state index in [0.29, 0.717) is 0 Å². The average Bonchev–Trinajstić information content (AvgIpc) is 2.45. The Bertz CT molecular complexity index is 478. The predicted molar refractivity (Wildman–Crippen MR) is 76.4 cm³/mol. The number of fused-ring (bicyclic) bond motifs is 1. The zero-order valence-electron chi connectivity index (χ0n) is 11.6. The second-order valence-electron chi connectivity index (χ2n) is 6.49. The van der Waals surface area contributed by atoms with Crippen molar-refractivity contribution >= 4 is 0 Å². The molecule has 2 heteroatoms. The lowest BCUT2D eigenvalue weighted by Gasteiger charge is -2.47. The number of benzene rings is 1. The third-order valence-electron chi connectivity index (χ3n) is 5.38. The fraction of sp³-hybridized carbons (Fsp3) is 0.647. The number of hydrogen-bond donors (Lipinski definition) is 1. The first-order valence-electron chi connectivity index (χ1n) is 7.82. The van der Waals surface area contributed by atoms with Crippen molar-refractivity contribution in [1.82, 2.24) is 5.32 Å². The van der Waals surface area contributed by atoms with Crippen LogP contribution in [-0.4, -0.2) is 18.8 Å². The van der Waals surface area contributed by atoms with E-state index in [9.17, 15) is 0 Å². The van der Waals surface area contributed by atoms with E-state index in [2.05, 4.69) is 23.5 Å². The molecule has 1 spiro atoms. The Balaban J connectivity index is 1.64. The molecule has 1 aromatic carbocycles. The maximum absolute atomic E-state index is 6.08. The van der Waals surface area contributed by atoms with Crippen LogP contribution in [0, 0.1) is 0 Å². The zero-order valence-corrected chi connectivity index (χ0v) is 11.6. The van der Waals surface area contributed by atoms with Crippen LogP contribution < -0.4 is 5.32 Å². The van der Waals surface area contributed by atoms with Gasteiger partial charge in [-0.1, -0.05) is 18.2 Å². The molecule has 1 N–H and O–H groups in total. The quantitative estimate of drug-likeness (QED) is 0.834. The maximum Gasteiger partial charge on any atom is 0.0688 e. The Morgan fingerprint density at radius 2 is 2.21 bits per heavy atom. The average molecular weight is 257 g/mol. The maximum atomic E-state index is 6.08. The molecule has 1 aliphatic carbocycles. The minimum atomic E-state index is 0.258. The third-order valence-corrected chi connectivity index (χ3v) is 5.38. The molecule has 1 atom stereocenters. The van der Waals surface area contributed by atoms with E-state index in [0.717, 1.165) is 25.6 Å². The summed E-state index contributed by atoms with van der Waals surface area (Å²) in [5.41, 5.74) is 5.04. The number of ether oxygens (including phenoxy) is 1. The molecule has 1 unspecified atom stereocenters. The van der Waals surface area contributed by atoms with Crippen LogP contribution >= 0.6 is 0 Å². The van der Waals surface area contributed by atoms with Crippen LogP contribution in [0.4, 0.5) is 0 Å². The Morgan fingerprint density at radius 3 is 3.05 bits per heavy atom. The van der Waals surface area contributed by atoms with E-state index in [1.807, 2.05) is 0 Å². The van der Waals surface area contributed by atoms with Gasteiger partial charge in [-0.2, -0.15) is 0 Å². The van der Waals surface area contributed by atoms with Crippen LogP contribution in [0.2, 0.25) is 0 Å². The molecule has 4 rings (SSSR count). The van der Waals surface area contributed by atoms with Gasteiger partial charge in [0, 0.05) is 13.2 Å². The highest BCUT2D eigenvalue weighted by atomic mass is 16.5. The van der Waals surface area contributed by atoms with Crippen LogP contribution in [-0.2, 0) is 17.7 Å². The summed E-state index contributed by atoms with van der Waals surface area (Å²) in [6, 6.07) is 6.95. The predicted octanol–water partition coefficient (Wildman–Crippen LogP) is 3.15. The van der Waals surface area contributed by atoms with Gasteiger partial charge in [-0.15, -0.1) is 0 Å². The first kappa shape index (κ1) is 11.9. The molecule has 1 aromatic rings. The highest BCUT2D eigenvalue weighted by Crippen LogP contribution is 2.47. The smallest absolute Gasteiger partial charge is 0.0688 e. The molecule has 0 radical (unpaired) electrons. The molecule has 2 aliphatic heterocycles. The van der Waals surface area contributed by atoms with Crippen molar-refractivity contribution in [2.75, 3.05) is 13.2 Å². The molecule has 102 valence electrons. The van der Waals surface area contributed by atoms with Crippen molar-refractivity contribution in [2.45, 2.75) is 56.6 Å². The first-order valence-corrected chi connectivity index (χ1v) is 7.82. The number of rotatable bonds is 1. The van der Waals surface area contributed by atoms with Crippen LogP contribution in [0.5, 0.6) is 0 Å². The fourth-order valence-electron chi connectivity index (χ4n) is 4.14. The van der Waals surface area contributed by atoms with Crippen molar-refractivity contribution < 1.29 is 4.74 Å². The van der Waals surface area contributed by atoms with Crippen molar-refractivity contribution in [3.05, 3.63) is 34.9 Å². The van der Waals surface area contributed by atoms with E-state index in [1.54, 1.807) is 16.7 Å². The van der Waals surface area contributed by atoms with Crippen LogP contribution in [0.15, 0.2) is 18.2 Å². The molecule has 19 heavy (non-hydrogen) atoms. The monoisotopic (exact) mass is 257 g/mol. The topological polar surface area (TPSA) is 21.3 Å². The molecular formula is C17H23NO. The summed E-state index contributed by atoms with van der Waals surface area (Å²) in [6.45, 7) is 3.16. The van der Waals surface area contributed by atoms with Crippen LogP contribution in [0.3, 0.4) is 0 Å². The van der Waals surface area contributed by atoms with E-state index < -0.39 is 0 Å². The van der Waals surface area contributed by atoms with Gasteiger partial charge in [0.25, 0.3) is 0 Å². The van der Waals surface area contributed by atoms with Gasteiger partial charge in [-0.3, -0.25) is 0 Å². The number of nitrogens with one attached hydrogen (secondary N) is 1. The molecule has 0 bridgehead atoms. The summed E-state index contributed by atoms with van der Waals surface area (Å²) in [7, 11) is 0. The Kier molecular flexibility index (Phi) is 2.89. The van der Waals surface area contributed by atoms with Crippen molar-refractivity contribution in [1.29, 1.82) is 0 Å². The summed E-state index contributed by atoms with van der Waals surface area (Å²) >= 11 is 0. The molecule has 3 aliphatic rings. The lowest BCUT2D eigenvalue weighted by Crippen LogP contribution is -2.45. The van der Waals surface area contributed by atoms with E-state index in [4.69, 9.17) is 4.74 Å². The van der Waals surface area contributed by atoms with Gasteiger partial charge < -0.3 is 10.1 Å². The van der Waals surface area contributed by atoms with Crippen molar-refractivity contribution in [3.63, 3.8) is 0 Å². The summed E-state index contributed by atoms with van der Waals surface area (Å²) < 4.78 is 6.08. The van der Waals surface area contributed by atoms with Gasteiger partial charge in [0.2, 0.25) is 0 Å². The molecule has 2 heterocycles. The van der Waals surface area contributed by atoms with E-state index in [-0.39, 0.29) is 5.60 Å². The largest absolute Gasteiger partial charge is 0.375 e. The second kappa shape index (κ2) is 4.60. The Morgan fingerprint density at radius 1 is 1.26 bits per heavy atom. The van der Waals surface area contributed by atoms with Gasteiger partial charge in [-0.25, -0.2) is 0 Å². The second-order valence-corrected chi connectivity index (χ2v) is 6.49. The first-order chi connectivity index (χ1) is 9.36. The SMILES string of the molecule is c1cc2c(c(C3CCOC4(CCC4)C3)c1)CNCC2. The van der Waals surface area contributed by atoms with E-state index >= 15 is 0 Å². The molecule has 0 aromatic heterocycles. The van der Waals surface area contributed by atoms with Crippen molar-refractivity contribution in [3.8, 4) is 0 Å².